The van der Waals surface area contributed by atoms with E-state index in [1.807, 2.05) is 26.0 Å². The fourth-order valence-corrected chi connectivity index (χ4v) is 3.99. The van der Waals surface area contributed by atoms with Crippen molar-refractivity contribution in [3.63, 3.8) is 0 Å². The molecule has 3 rings (SSSR count). The first kappa shape index (κ1) is 22.0. The second-order valence-corrected chi connectivity index (χ2v) is 8.00. The van der Waals surface area contributed by atoms with Gasteiger partial charge in [-0.1, -0.05) is 0 Å². The predicted molar refractivity (Wildman–Crippen MR) is 119 cm³/mol. The molecule has 0 aliphatic carbocycles. The number of aromatic nitrogens is 2. The van der Waals surface area contributed by atoms with Crippen LogP contribution in [0.25, 0.3) is 0 Å². The van der Waals surface area contributed by atoms with Crippen LogP contribution >= 0.6 is 0 Å². The van der Waals surface area contributed by atoms with Crippen LogP contribution in [0, 0.1) is 13.8 Å². The van der Waals surface area contributed by atoms with Gasteiger partial charge in [0.05, 0.1) is 24.1 Å². The zero-order chi connectivity index (χ0) is 21.5. The van der Waals surface area contributed by atoms with Gasteiger partial charge in [0.1, 0.15) is 12.1 Å². The highest BCUT2D eigenvalue weighted by molar-refractivity contribution is 5.96. The summed E-state index contributed by atoms with van der Waals surface area (Å²) in [5.41, 5.74) is 3.18. The number of ether oxygens (including phenoxy) is 1. The lowest BCUT2D eigenvalue weighted by atomic mass is 10.0. The van der Waals surface area contributed by atoms with Gasteiger partial charge in [-0.15, -0.1) is 0 Å². The highest BCUT2D eigenvalue weighted by atomic mass is 16.5. The Morgan fingerprint density at radius 3 is 2.40 bits per heavy atom. The van der Waals surface area contributed by atoms with Crippen LogP contribution in [0.4, 0.5) is 5.69 Å². The molecular formula is C23H33N5O2. The number of anilines is 1. The van der Waals surface area contributed by atoms with Gasteiger partial charge in [-0.3, -0.25) is 4.79 Å². The number of nitrogens with one attached hydrogen (secondary N) is 2. The molecule has 2 N–H and O–H groups in total. The SMILES string of the molecule is COc1ccc(NC2CCN([C@H](C)CCNC(=O)c3c(C)ncnc3C)CC2)cc1. The standard InChI is InChI=1S/C23H33N5O2/c1-16(9-12-24-23(29)22-17(2)25-15-26-18(22)3)28-13-10-20(11-14-28)27-19-5-7-21(30-4)8-6-19/h5-8,15-16,20,27H,9-14H2,1-4H3,(H,24,29)/t16-/m1/s1. The maximum Gasteiger partial charge on any atom is 0.254 e. The minimum Gasteiger partial charge on any atom is -0.497 e. The van der Waals surface area contributed by atoms with Crippen LogP contribution in [0.15, 0.2) is 30.6 Å². The maximum absolute atomic E-state index is 12.5. The van der Waals surface area contributed by atoms with Crippen molar-refractivity contribution >= 4 is 11.6 Å². The largest absolute Gasteiger partial charge is 0.497 e. The molecule has 2 aromatic rings. The number of carbonyl (C=O) groups is 1. The molecule has 7 nitrogen and oxygen atoms in total. The van der Waals surface area contributed by atoms with E-state index in [4.69, 9.17) is 4.74 Å². The first-order chi connectivity index (χ1) is 14.5. The lowest BCUT2D eigenvalue weighted by Crippen LogP contribution is -2.44. The second kappa shape index (κ2) is 10.4. The van der Waals surface area contributed by atoms with E-state index in [-0.39, 0.29) is 5.91 Å². The van der Waals surface area contributed by atoms with Gasteiger partial charge in [0.15, 0.2) is 0 Å². The minimum atomic E-state index is -0.0831. The van der Waals surface area contributed by atoms with E-state index in [0.29, 0.717) is 24.2 Å². The van der Waals surface area contributed by atoms with E-state index in [1.165, 1.54) is 6.33 Å². The Balaban J connectivity index is 1.39. The molecule has 30 heavy (non-hydrogen) atoms. The molecule has 1 aromatic carbocycles. The van der Waals surface area contributed by atoms with Crippen molar-refractivity contribution in [3.8, 4) is 5.75 Å². The summed E-state index contributed by atoms with van der Waals surface area (Å²) in [4.78, 5) is 23.3. The summed E-state index contributed by atoms with van der Waals surface area (Å²) in [6, 6.07) is 9.03. The van der Waals surface area contributed by atoms with Gasteiger partial charge in [-0.2, -0.15) is 0 Å². The number of methoxy groups -OCH3 is 1. The molecule has 0 saturated carbocycles. The van der Waals surface area contributed by atoms with E-state index in [1.54, 1.807) is 7.11 Å². The summed E-state index contributed by atoms with van der Waals surface area (Å²) in [5.74, 6) is 0.793. The van der Waals surface area contributed by atoms with Crippen LogP contribution in [0.1, 0.15) is 47.9 Å². The number of aryl methyl sites for hydroxylation is 2. The highest BCUT2D eigenvalue weighted by Gasteiger charge is 2.23. The van der Waals surface area contributed by atoms with Gasteiger partial charge >= 0.3 is 0 Å². The van der Waals surface area contributed by atoms with Gasteiger partial charge in [-0.25, -0.2) is 9.97 Å². The number of rotatable bonds is 8. The highest BCUT2D eigenvalue weighted by Crippen LogP contribution is 2.21. The fourth-order valence-electron chi connectivity index (χ4n) is 3.99. The van der Waals surface area contributed by atoms with Crippen molar-refractivity contribution in [3.05, 3.63) is 47.5 Å². The maximum atomic E-state index is 12.5. The van der Waals surface area contributed by atoms with Crippen LogP contribution in [-0.4, -0.2) is 59.6 Å². The summed E-state index contributed by atoms with van der Waals surface area (Å²) in [6.45, 7) is 8.71. The van der Waals surface area contributed by atoms with Crippen molar-refractivity contribution in [2.24, 2.45) is 0 Å². The van der Waals surface area contributed by atoms with Gasteiger partial charge in [0.25, 0.3) is 5.91 Å². The Labute approximate surface area is 179 Å². The molecule has 162 valence electrons. The smallest absolute Gasteiger partial charge is 0.254 e. The lowest BCUT2D eigenvalue weighted by Gasteiger charge is -2.36. The van der Waals surface area contributed by atoms with Crippen LogP contribution in [-0.2, 0) is 0 Å². The summed E-state index contributed by atoms with van der Waals surface area (Å²) < 4.78 is 5.22. The third-order valence-corrected chi connectivity index (χ3v) is 5.91. The monoisotopic (exact) mass is 411 g/mol. The fraction of sp³-hybridized carbons (Fsp3) is 0.522. The molecular weight excluding hydrogens is 378 g/mol. The van der Waals surface area contributed by atoms with Crippen molar-refractivity contribution in [2.45, 2.75) is 52.1 Å². The second-order valence-electron chi connectivity index (χ2n) is 8.00. The van der Waals surface area contributed by atoms with Gasteiger partial charge in [-0.05, 0) is 64.3 Å². The van der Waals surface area contributed by atoms with Crippen molar-refractivity contribution < 1.29 is 9.53 Å². The third kappa shape index (κ3) is 5.69. The normalized spacial score (nSPS) is 16.1. The Hall–Kier alpha value is -2.67. The zero-order valence-corrected chi connectivity index (χ0v) is 18.4. The average Bonchev–Trinajstić information content (AvgIpc) is 2.74. The molecule has 0 spiro atoms. The quantitative estimate of drug-likeness (QED) is 0.695. The summed E-state index contributed by atoms with van der Waals surface area (Å²) in [5, 5.41) is 6.66. The molecule has 7 heteroatoms. The van der Waals surface area contributed by atoms with Crippen LogP contribution < -0.4 is 15.4 Å². The van der Waals surface area contributed by atoms with Gasteiger partial charge in [0.2, 0.25) is 0 Å². The van der Waals surface area contributed by atoms with Crippen LogP contribution in [0.5, 0.6) is 5.75 Å². The molecule has 1 aliphatic heterocycles. The minimum absolute atomic E-state index is 0.0831. The molecule has 0 radical (unpaired) electrons. The number of hydrogen-bond acceptors (Lipinski definition) is 6. The lowest BCUT2D eigenvalue weighted by molar-refractivity contribution is 0.0943. The van der Waals surface area contributed by atoms with E-state index in [0.717, 1.165) is 55.2 Å². The molecule has 1 aliphatic rings. The Morgan fingerprint density at radius 2 is 1.80 bits per heavy atom. The number of carbonyl (C=O) groups excluding carboxylic acids is 1. The molecule has 1 amide bonds. The van der Waals surface area contributed by atoms with E-state index in [2.05, 4.69) is 44.6 Å². The van der Waals surface area contributed by atoms with Crippen molar-refractivity contribution in [1.29, 1.82) is 0 Å². The number of piperidine rings is 1. The van der Waals surface area contributed by atoms with Crippen molar-refractivity contribution in [2.75, 3.05) is 32.1 Å². The Bertz CT molecular complexity index is 812. The van der Waals surface area contributed by atoms with E-state index in [9.17, 15) is 4.79 Å². The topological polar surface area (TPSA) is 79.4 Å². The first-order valence-electron chi connectivity index (χ1n) is 10.7. The van der Waals surface area contributed by atoms with Crippen molar-refractivity contribution in [1.82, 2.24) is 20.2 Å². The Morgan fingerprint density at radius 1 is 1.17 bits per heavy atom. The number of benzene rings is 1. The van der Waals surface area contributed by atoms with Crippen LogP contribution in [0.3, 0.4) is 0 Å². The average molecular weight is 412 g/mol. The molecule has 0 unspecified atom stereocenters. The Kier molecular flexibility index (Phi) is 7.63. The number of hydrogen-bond donors (Lipinski definition) is 2. The van der Waals surface area contributed by atoms with E-state index >= 15 is 0 Å². The third-order valence-electron chi connectivity index (χ3n) is 5.91. The molecule has 1 fully saturated rings. The zero-order valence-electron chi connectivity index (χ0n) is 18.4. The summed E-state index contributed by atoms with van der Waals surface area (Å²) in [7, 11) is 1.68. The number of nitrogens with zero attached hydrogens (tertiary/aromatic N) is 3. The molecule has 0 bridgehead atoms. The van der Waals surface area contributed by atoms with Gasteiger partial charge < -0.3 is 20.3 Å². The number of amides is 1. The molecule has 2 heterocycles. The number of likely N-dealkylation sites (tertiary alicyclic amines) is 1. The van der Waals surface area contributed by atoms with Gasteiger partial charge in [0, 0.05) is 37.4 Å². The van der Waals surface area contributed by atoms with E-state index < -0.39 is 0 Å². The molecule has 1 aromatic heterocycles. The first-order valence-corrected chi connectivity index (χ1v) is 10.7. The van der Waals surface area contributed by atoms with Crippen LogP contribution in [0.2, 0.25) is 0 Å². The molecule has 1 atom stereocenters. The predicted octanol–water partition coefficient (Wildman–Crippen LogP) is 3.19. The summed E-state index contributed by atoms with van der Waals surface area (Å²) >= 11 is 0. The molecule has 1 saturated heterocycles. The summed E-state index contributed by atoms with van der Waals surface area (Å²) in [6.07, 6.45) is 4.65.